The SMILES string of the molecule is C[C@H](c1ccccc1)[C@@H]1CC(=O)N(c2cc(Cl)ccn2)C1=O. The highest BCUT2D eigenvalue weighted by molar-refractivity contribution is 6.31. The summed E-state index contributed by atoms with van der Waals surface area (Å²) in [6.07, 6.45) is 1.69. The van der Waals surface area contributed by atoms with Crippen LogP contribution in [0.25, 0.3) is 0 Å². The van der Waals surface area contributed by atoms with Gasteiger partial charge in [-0.1, -0.05) is 48.9 Å². The molecular weight excluding hydrogens is 300 g/mol. The van der Waals surface area contributed by atoms with Crippen molar-refractivity contribution in [3.8, 4) is 0 Å². The van der Waals surface area contributed by atoms with Gasteiger partial charge in [-0.15, -0.1) is 0 Å². The summed E-state index contributed by atoms with van der Waals surface area (Å²) in [7, 11) is 0. The molecule has 1 aromatic heterocycles. The summed E-state index contributed by atoms with van der Waals surface area (Å²) >= 11 is 5.92. The summed E-state index contributed by atoms with van der Waals surface area (Å²) in [5.41, 5.74) is 1.05. The van der Waals surface area contributed by atoms with Crippen LogP contribution in [-0.4, -0.2) is 16.8 Å². The van der Waals surface area contributed by atoms with Crippen LogP contribution in [-0.2, 0) is 9.59 Å². The Balaban J connectivity index is 1.89. The van der Waals surface area contributed by atoms with Gasteiger partial charge in [0.15, 0.2) is 0 Å². The molecule has 1 saturated heterocycles. The molecule has 0 spiro atoms. The first-order valence-corrected chi connectivity index (χ1v) is 7.49. The lowest BCUT2D eigenvalue weighted by Crippen LogP contribution is -2.32. The summed E-state index contributed by atoms with van der Waals surface area (Å²) in [5.74, 6) is -0.536. The summed E-state index contributed by atoms with van der Waals surface area (Å²) in [5, 5.41) is 0.449. The molecule has 1 aliphatic rings. The number of pyridine rings is 1. The lowest BCUT2D eigenvalue weighted by molar-refractivity contribution is -0.122. The number of halogens is 1. The molecule has 0 saturated carbocycles. The van der Waals surface area contributed by atoms with E-state index in [1.807, 2.05) is 37.3 Å². The molecule has 112 valence electrons. The van der Waals surface area contributed by atoms with Crippen LogP contribution in [0.2, 0.25) is 5.02 Å². The average molecular weight is 315 g/mol. The molecule has 1 aromatic carbocycles. The maximum atomic E-state index is 12.7. The molecule has 0 N–H and O–H groups in total. The standard InChI is InChI=1S/C17H15ClN2O2/c1-11(12-5-3-2-4-6-12)14-10-16(21)20(17(14)22)15-9-13(18)7-8-19-15/h2-9,11,14H,10H2,1H3/t11-,14+/m1/s1. The second-order valence-electron chi connectivity index (χ2n) is 5.41. The van der Waals surface area contributed by atoms with Crippen LogP contribution in [0.5, 0.6) is 0 Å². The normalized spacial score (nSPS) is 19.5. The second-order valence-corrected chi connectivity index (χ2v) is 5.85. The van der Waals surface area contributed by atoms with Crippen LogP contribution in [0.1, 0.15) is 24.8 Å². The van der Waals surface area contributed by atoms with Gasteiger partial charge in [0.25, 0.3) is 0 Å². The Kier molecular flexibility index (Phi) is 3.94. The maximum Gasteiger partial charge on any atom is 0.239 e. The number of rotatable bonds is 3. The van der Waals surface area contributed by atoms with E-state index in [9.17, 15) is 9.59 Å². The van der Waals surface area contributed by atoms with Crippen molar-refractivity contribution in [3.05, 3.63) is 59.2 Å². The van der Waals surface area contributed by atoms with Gasteiger partial charge in [-0.25, -0.2) is 9.88 Å². The zero-order valence-electron chi connectivity index (χ0n) is 12.1. The van der Waals surface area contributed by atoms with Gasteiger partial charge in [-0.2, -0.15) is 0 Å². The van der Waals surface area contributed by atoms with Crippen LogP contribution < -0.4 is 4.90 Å². The van der Waals surface area contributed by atoms with Crippen molar-refractivity contribution in [2.75, 3.05) is 4.90 Å². The number of carbonyl (C=O) groups excluding carboxylic acids is 2. The third-order valence-corrected chi connectivity index (χ3v) is 4.28. The number of anilines is 1. The zero-order chi connectivity index (χ0) is 15.7. The molecule has 0 bridgehead atoms. The van der Waals surface area contributed by atoms with E-state index in [2.05, 4.69) is 4.98 Å². The molecule has 22 heavy (non-hydrogen) atoms. The Labute approximate surface area is 133 Å². The van der Waals surface area contributed by atoms with E-state index < -0.39 is 0 Å². The molecule has 5 heteroatoms. The molecule has 1 aliphatic heterocycles. The number of imide groups is 1. The van der Waals surface area contributed by atoms with Gasteiger partial charge in [0.05, 0.1) is 5.92 Å². The van der Waals surface area contributed by atoms with Crippen LogP contribution in [0.4, 0.5) is 5.82 Å². The minimum absolute atomic E-state index is 0.0261. The van der Waals surface area contributed by atoms with E-state index in [0.717, 1.165) is 10.5 Å². The van der Waals surface area contributed by atoms with Crippen LogP contribution in [0.15, 0.2) is 48.7 Å². The van der Waals surface area contributed by atoms with Crippen molar-refractivity contribution in [1.29, 1.82) is 0 Å². The van der Waals surface area contributed by atoms with E-state index >= 15 is 0 Å². The molecule has 2 heterocycles. The van der Waals surface area contributed by atoms with Crippen molar-refractivity contribution in [2.24, 2.45) is 5.92 Å². The van der Waals surface area contributed by atoms with E-state index in [1.165, 1.54) is 12.3 Å². The highest BCUT2D eigenvalue weighted by Gasteiger charge is 2.43. The maximum absolute atomic E-state index is 12.7. The van der Waals surface area contributed by atoms with Gasteiger partial charge in [-0.3, -0.25) is 9.59 Å². The van der Waals surface area contributed by atoms with Gasteiger partial charge < -0.3 is 0 Å². The van der Waals surface area contributed by atoms with Gasteiger partial charge in [0.2, 0.25) is 11.8 Å². The molecule has 3 rings (SSSR count). The molecule has 0 aliphatic carbocycles. The number of hydrogen-bond acceptors (Lipinski definition) is 3. The minimum Gasteiger partial charge on any atom is -0.274 e. The third kappa shape index (κ3) is 2.62. The number of hydrogen-bond donors (Lipinski definition) is 0. The molecule has 1 fully saturated rings. The highest BCUT2D eigenvalue weighted by Crippen LogP contribution is 2.35. The number of aromatic nitrogens is 1. The number of amides is 2. The van der Waals surface area contributed by atoms with E-state index in [1.54, 1.807) is 6.07 Å². The monoisotopic (exact) mass is 314 g/mol. The van der Waals surface area contributed by atoms with Crippen molar-refractivity contribution < 1.29 is 9.59 Å². The largest absolute Gasteiger partial charge is 0.274 e. The van der Waals surface area contributed by atoms with Crippen molar-refractivity contribution in [3.63, 3.8) is 0 Å². The summed E-state index contributed by atoms with van der Waals surface area (Å²) in [4.78, 5) is 30.2. The number of nitrogens with zero attached hydrogens (tertiary/aromatic N) is 2. The lowest BCUT2D eigenvalue weighted by atomic mass is 9.86. The summed E-state index contributed by atoms with van der Waals surface area (Å²) < 4.78 is 0. The zero-order valence-corrected chi connectivity index (χ0v) is 12.8. The quantitative estimate of drug-likeness (QED) is 0.816. The van der Waals surface area contributed by atoms with Crippen molar-refractivity contribution in [1.82, 2.24) is 4.98 Å². The first-order chi connectivity index (χ1) is 10.6. The Hall–Kier alpha value is -2.20. The first-order valence-electron chi connectivity index (χ1n) is 7.11. The average Bonchev–Trinajstić information content (AvgIpc) is 2.82. The van der Waals surface area contributed by atoms with Gasteiger partial charge >= 0.3 is 0 Å². The van der Waals surface area contributed by atoms with Gasteiger partial charge in [-0.05, 0) is 17.5 Å². The molecule has 4 nitrogen and oxygen atoms in total. The lowest BCUT2D eigenvalue weighted by Gasteiger charge is -2.18. The highest BCUT2D eigenvalue weighted by atomic mass is 35.5. The van der Waals surface area contributed by atoms with E-state index in [0.29, 0.717) is 10.8 Å². The summed E-state index contributed by atoms with van der Waals surface area (Å²) in [6, 6.07) is 12.9. The summed E-state index contributed by atoms with van der Waals surface area (Å²) in [6.45, 7) is 1.97. The van der Waals surface area contributed by atoms with Crippen LogP contribution >= 0.6 is 11.6 Å². The molecule has 2 atom stereocenters. The smallest absolute Gasteiger partial charge is 0.239 e. The fourth-order valence-electron chi connectivity index (χ4n) is 2.79. The predicted molar refractivity (Wildman–Crippen MR) is 84.7 cm³/mol. The van der Waals surface area contributed by atoms with E-state index in [-0.39, 0.29) is 30.1 Å². The van der Waals surface area contributed by atoms with Crippen LogP contribution in [0.3, 0.4) is 0 Å². The van der Waals surface area contributed by atoms with Gasteiger partial charge in [0, 0.05) is 23.7 Å². The molecule has 0 unspecified atom stereocenters. The third-order valence-electron chi connectivity index (χ3n) is 4.05. The number of benzene rings is 1. The molecule has 2 aromatic rings. The fraction of sp³-hybridized carbons (Fsp3) is 0.235. The Morgan fingerprint density at radius 2 is 1.95 bits per heavy atom. The molecule has 2 amide bonds. The Morgan fingerprint density at radius 3 is 2.64 bits per heavy atom. The van der Waals surface area contributed by atoms with Crippen LogP contribution in [0, 0.1) is 5.92 Å². The molecule has 0 radical (unpaired) electrons. The molecular formula is C17H15ClN2O2. The first kappa shape index (κ1) is 14.7. The van der Waals surface area contributed by atoms with Gasteiger partial charge in [0.1, 0.15) is 5.82 Å². The minimum atomic E-state index is -0.365. The van der Waals surface area contributed by atoms with Crippen molar-refractivity contribution >= 4 is 29.2 Å². The number of carbonyl (C=O) groups is 2. The Morgan fingerprint density at radius 1 is 1.23 bits per heavy atom. The Bertz CT molecular complexity index is 718. The second kappa shape index (κ2) is 5.89. The fourth-order valence-corrected chi connectivity index (χ4v) is 2.95. The topological polar surface area (TPSA) is 50.3 Å². The predicted octanol–water partition coefficient (Wildman–Crippen LogP) is 3.42. The van der Waals surface area contributed by atoms with E-state index in [4.69, 9.17) is 11.6 Å². The van der Waals surface area contributed by atoms with Crippen molar-refractivity contribution in [2.45, 2.75) is 19.3 Å².